The van der Waals surface area contributed by atoms with Crippen LogP contribution in [0.5, 0.6) is 0 Å². The lowest BCUT2D eigenvalue weighted by Gasteiger charge is -2.14. The summed E-state index contributed by atoms with van der Waals surface area (Å²) in [7, 11) is -3.47. The van der Waals surface area contributed by atoms with Crippen molar-refractivity contribution in [3.05, 3.63) is 29.3 Å². The van der Waals surface area contributed by atoms with Gasteiger partial charge in [0.2, 0.25) is 10.0 Å². The molecule has 0 saturated carbocycles. The summed E-state index contributed by atoms with van der Waals surface area (Å²) in [6.07, 6.45) is 1.79. The molecule has 2 N–H and O–H groups in total. The molecule has 1 atom stereocenters. The first-order valence-electron chi connectivity index (χ1n) is 7.43. The Morgan fingerprint density at radius 1 is 1.38 bits per heavy atom. The maximum absolute atomic E-state index is 12.4. The molecule has 1 aliphatic heterocycles. The molecule has 6 heteroatoms. The quantitative estimate of drug-likeness (QED) is 0.750. The first kappa shape index (κ1) is 16.4. The summed E-state index contributed by atoms with van der Waals surface area (Å²) in [5, 5.41) is 3.31. The Morgan fingerprint density at radius 2 is 2.19 bits per heavy atom. The molecule has 118 valence electrons. The highest BCUT2D eigenvalue weighted by Crippen LogP contribution is 2.17. The van der Waals surface area contributed by atoms with Gasteiger partial charge in [0.25, 0.3) is 0 Å². The predicted molar refractivity (Wildman–Crippen MR) is 82.7 cm³/mol. The highest BCUT2D eigenvalue weighted by atomic mass is 32.2. The molecule has 0 bridgehead atoms. The van der Waals surface area contributed by atoms with Crippen LogP contribution in [0.15, 0.2) is 23.1 Å². The summed E-state index contributed by atoms with van der Waals surface area (Å²) in [4.78, 5) is 0.327. The Labute approximate surface area is 127 Å². The molecule has 0 amide bonds. The molecule has 0 radical (unpaired) electrons. The third kappa shape index (κ3) is 4.51. The summed E-state index contributed by atoms with van der Waals surface area (Å²) in [5.74, 6) is 0. The van der Waals surface area contributed by atoms with Crippen LogP contribution in [0.2, 0.25) is 0 Å². The van der Waals surface area contributed by atoms with E-state index in [-0.39, 0.29) is 6.04 Å². The maximum atomic E-state index is 12.4. The smallest absolute Gasteiger partial charge is 0.240 e. The van der Waals surface area contributed by atoms with Crippen LogP contribution < -0.4 is 10.0 Å². The minimum absolute atomic E-state index is 0.113. The average Bonchev–Trinajstić information content (AvgIpc) is 2.93. The molecule has 0 spiro atoms. The second-order valence-corrected chi connectivity index (χ2v) is 7.16. The molecule has 5 nitrogen and oxygen atoms in total. The topological polar surface area (TPSA) is 67.4 Å². The number of hydrogen-bond donors (Lipinski definition) is 2. The Bertz CT molecular complexity index is 566. The average molecular weight is 312 g/mol. The van der Waals surface area contributed by atoms with Crippen molar-refractivity contribution in [2.75, 3.05) is 19.8 Å². The summed E-state index contributed by atoms with van der Waals surface area (Å²) in [6.45, 7) is 6.79. The highest BCUT2D eigenvalue weighted by molar-refractivity contribution is 7.89. The van der Waals surface area contributed by atoms with Crippen LogP contribution in [0.4, 0.5) is 0 Å². The van der Waals surface area contributed by atoms with Crippen LogP contribution in [0.3, 0.4) is 0 Å². The van der Waals surface area contributed by atoms with Gasteiger partial charge in [0.15, 0.2) is 0 Å². The molecule has 1 heterocycles. The summed E-state index contributed by atoms with van der Waals surface area (Å²) < 4.78 is 32.7. The van der Waals surface area contributed by atoms with E-state index in [4.69, 9.17) is 4.74 Å². The van der Waals surface area contributed by atoms with Crippen molar-refractivity contribution in [3.63, 3.8) is 0 Å². The standard InChI is InChI=1S/C15H24N2O3S/c1-3-7-16-10-13-9-15(5-4-12(13)2)21(18,19)17-14-6-8-20-11-14/h4-5,9,14,16-17H,3,6-8,10-11H2,1-2H3. The van der Waals surface area contributed by atoms with Gasteiger partial charge in [-0.15, -0.1) is 0 Å². The molecule has 0 aromatic heterocycles. The Balaban J connectivity index is 2.12. The van der Waals surface area contributed by atoms with Gasteiger partial charge in [0, 0.05) is 19.2 Å². The number of sulfonamides is 1. The van der Waals surface area contributed by atoms with Gasteiger partial charge >= 0.3 is 0 Å². The van der Waals surface area contributed by atoms with E-state index in [1.807, 2.05) is 13.0 Å². The van der Waals surface area contributed by atoms with Gasteiger partial charge in [0.05, 0.1) is 11.5 Å². The first-order chi connectivity index (χ1) is 10.0. The van der Waals surface area contributed by atoms with Crippen molar-refractivity contribution < 1.29 is 13.2 Å². The van der Waals surface area contributed by atoms with E-state index in [1.165, 1.54) is 0 Å². The molecule has 1 aromatic carbocycles. The van der Waals surface area contributed by atoms with E-state index in [0.717, 1.165) is 30.5 Å². The molecule has 1 saturated heterocycles. The number of hydrogen-bond acceptors (Lipinski definition) is 4. The van der Waals surface area contributed by atoms with Crippen molar-refractivity contribution >= 4 is 10.0 Å². The predicted octanol–water partition coefficient (Wildman–Crippen LogP) is 1.56. The van der Waals surface area contributed by atoms with Crippen molar-refractivity contribution in [1.82, 2.24) is 10.0 Å². The molecule has 1 fully saturated rings. The van der Waals surface area contributed by atoms with Crippen molar-refractivity contribution in [3.8, 4) is 0 Å². The second-order valence-electron chi connectivity index (χ2n) is 5.45. The molecular weight excluding hydrogens is 288 g/mol. The monoisotopic (exact) mass is 312 g/mol. The highest BCUT2D eigenvalue weighted by Gasteiger charge is 2.23. The zero-order valence-corrected chi connectivity index (χ0v) is 13.5. The fraction of sp³-hybridized carbons (Fsp3) is 0.600. The minimum atomic E-state index is -3.47. The summed E-state index contributed by atoms with van der Waals surface area (Å²) in [6, 6.07) is 5.17. The van der Waals surface area contributed by atoms with Gasteiger partial charge in [-0.05, 0) is 49.6 Å². The van der Waals surface area contributed by atoms with Gasteiger partial charge in [0.1, 0.15) is 0 Å². The van der Waals surface area contributed by atoms with Crippen LogP contribution in [0.1, 0.15) is 30.9 Å². The molecular formula is C15H24N2O3S. The fourth-order valence-electron chi connectivity index (χ4n) is 2.32. The Kier molecular flexibility index (Phi) is 5.75. The van der Waals surface area contributed by atoms with Gasteiger partial charge in [-0.1, -0.05) is 13.0 Å². The third-order valence-electron chi connectivity index (χ3n) is 3.62. The molecule has 0 aliphatic carbocycles. The number of nitrogens with one attached hydrogen (secondary N) is 2. The normalized spacial score (nSPS) is 19.0. The Hall–Kier alpha value is -0.950. The Morgan fingerprint density at radius 3 is 2.86 bits per heavy atom. The lowest BCUT2D eigenvalue weighted by Crippen LogP contribution is -2.35. The lowest BCUT2D eigenvalue weighted by atomic mass is 10.1. The molecule has 1 aromatic rings. The molecule has 21 heavy (non-hydrogen) atoms. The van der Waals surface area contributed by atoms with E-state index in [0.29, 0.717) is 24.7 Å². The lowest BCUT2D eigenvalue weighted by molar-refractivity contribution is 0.192. The van der Waals surface area contributed by atoms with Crippen molar-refractivity contribution in [2.45, 2.75) is 44.2 Å². The summed E-state index contributed by atoms with van der Waals surface area (Å²) in [5.41, 5.74) is 2.12. The van der Waals surface area contributed by atoms with Gasteiger partial charge in [-0.3, -0.25) is 0 Å². The number of benzene rings is 1. The number of rotatable bonds is 7. The van der Waals surface area contributed by atoms with Crippen LogP contribution in [-0.2, 0) is 21.3 Å². The maximum Gasteiger partial charge on any atom is 0.240 e. The van der Waals surface area contributed by atoms with E-state index >= 15 is 0 Å². The van der Waals surface area contributed by atoms with E-state index < -0.39 is 10.0 Å². The molecule has 1 aliphatic rings. The largest absolute Gasteiger partial charge is 0.380 e. The number of aryl methyl sites for hydroxylation is 1. The zero-order chi connectivity index (χ0) is 15.3. The van der Waals surface area contributed by atoms with Crippen LogP contribution in [0, 0.1) is 6.92 Å². The SMILES string of the molecule is CCCNCc1cc(S(=O)(=O)NC2CCOC2)ccc1C. The van der Waals surface area contributed by atoms with E-state index in [2.05, 4.69) is 17.0 Å². The molecule has 1 unspecified atom stereocenters. The fourth-order valence-corrected chi connectivity index (χ4v) is 3.63. The van der Waals surface area contributed by atoms with Crippen LogP contribution >= 0.6 is 0 Å². The first-order valence-corrected chi connectivity index (χ1v) is 8.91. The van der Waals surface area contributed by atoms with E-state index in [9.17, 15) is 8.42 Å². The van der Waals surface area contributed by atoms with Crippen molar-refractivity contribution in [2.24, 2.45) is 0 Å². The second kappa shape index (κ2) is 7.35. The van der Waals surface area contributed by atoms with Gasteiger partial charge < -0.3 is 10.1 Å². The van der Waals surface area contributed by atoms with Gasteiger partial charge in [-0.2, -0.15) is 0 Å². The third-order valence-corrected chi connectivity index (χ3v) is 5.14. The number of ether oxygens (including phenoxy) is 1. The molecule has 2 rings (SSSR count). The summed E-state index contributed by atoms with van der Waals surface area (Å²) >= 11 is 0. The van der Waals surface area contributed by atoms with Crippen LogP contribution in [-0.4, -0.2) is 34.2 Å². The van der Waals surface area contributed by atoms with E-state index in [1.54, 1.807) is 12.1 Å². The minimum Gasteiger partial charge on any atom is -0.380 e. The van der Waals surface area contributed by atoms with Crippen LogP contribution in [0.25, 0.3) is 0 Å². The van der Waals surface area contributed by atoms with Gasteiger partial charge in [-0.25, -0.2) is 13.1 Å². The zero-order valence-electron chi connectivity index (χ0n) is 12.7. The van der Waals surface area contributed by atoms with Crippen molar-refractivity contribution in [1.29, 1.82) is 0 Å².